The third kappa shape index (κ3) is 4.00. The van der Waals surface area contributed by atoms with Crippen molar-refractivity contribution in [3.63, 3.8) is 0 Å². The Labute approximate surface area is 119 Å². The molecule has 2 nitrogen and oxygen atoms in total. The van der Waals surface area contributed by atoms with E-state index in [1.54, 1.807) is 0 Å². The standard InChI is InChI=1S/C16H23F2NO/c1-16(2)7-3-4-12(9-16)19-10-15(20)13-8-11(17)5-6-14(13)18/h5-6,8,12,15,19-20H,3-4,7,9-10H2,1-2H3. The molecule has 1 saturated carbocycles. The molecule has 0 aliphatic heterocycles. The van der Waals surface area contributed by atoms with Gasteiger partial charge in [-0.3, -0.25) is 0 Å². The topological polar surface area (TPSA) is 32.3 Å². The average Bonchev–Trinajstić information content (AvgIpc) is 2.38. The molecule has 0 amide bonds. The van der Waals surface area contributed by atoms with Crippen molar-refractivity contribution in [2.75, 3.05) is 6.54 Å². The van der Waals surface area contributed by atoms with Gasteiger partial charge in [-0.25, -0.2) is 8.78 Å². The SMILES string of the molecule is CC1(C)CCCC(NCC(O)c2cc(F)ccc2F)C1. The number of hydrogen-bond acceptors (Lipinski definition) is 2. The Kier molecular flexibility index (Phi) is 4.76. The first kappa shape index (κ1) is 15.4. The second-order valence-electron chi connectivity index (χ2n) is 6.55. The van der Waals surface area contributed by atoms with Crippen LogP contribution >= 0.6 is 0 Å². The fourth-order valence-electron chi connectivity index (χ4n) is 3.03. The predicted molar refractivity (Wildman–Crippen MR) is 75.4 cm³/mol. The number of nitrogens with one attached hydrogen (secondary N) is 1. The van der Waals surface area contributed by atoms with Gasteiger partial charge in [0, 0.05) is 18.2 Å². The third-order valence-corrected chi connectivity index (χ3v) is 4.12. The smallest absolute Gasteiger partial charge is 0.129 e. The summed E-state index contributed by atoms with van der Waals surface area (Å²) in [6.07, 6.45) is 3.48. The van der Waals surface area contributed by atoms with Gasteiger partial charge in [0.05, 0.1) is 6.10 Å². The molecule has 1 aromatic carbocycles. The number of rotatable bonds is 4. The van der Waals surface area contributed by atoms with E-state index >= 15 is 0 Å². The lowest BCUT2D eigenvalue weighted by Gasteiger charge is -2.36. The lowest BCUT2D eigenvalue weighted by atomic mass is 9.75. The molecule has 0 saturated heterocycles. The van der Waals surface area contributed by atoms with Crippen LogP contribution in [0.5, 0.6) is 0 Å². The molecule has 2 N–H and O–H groups in total. The van der Waals surface area contributed by atoms with Crippen molar-refractivity contribution in [1.82, 2.24) is 5.32 Å². The summed E-state index contributed by atoms with van der Waals surface area (Å²) >= 11 is 0. The fourth-order valence-corrected chi connectivity index (χ4v) is 3.03. The van der Waals surface area contributed by atoms with Crippen molar-refractivity contribution in [3.05, 3.63) is 35.4 Å². The zero-order valence-corrected chi connectivity index (χ0v) is 12.1. The van der Waals surface area contributed by atoms with Gasteiger partial charge in [0.2, 0.25) is 0 Å². The molecular formula is C16H23F2NO. The van der Waals surface area contributed by atoms with Crippen LogP contribution in [0.4, 0.5) is 8.78 Å². The normalized spacial score (nSPS) is 23.6. The second kappa shape index (κ2) is 6.19. The molecule has 20 heavy (non-hydrogen) atoms. The Morgan fingerprint density at radius 3 is 2.85 bits per heavy atom. The lowest BCUT2D eigenvalue weighted by molar-refractivity contribution is 0.144. The number of aliphatic hydroxyl groups is 1. The van der Waals surface area contributed by atoms with Crippen LogP contribution in [0.2, 0.25) is 0 Å². The summed E-state index contributed by atoms with van der Waals surface area (Å²) < 4.78 is 26.7. The van der Waals surface area contributed by atoms with Gasteiger partial charge >= 0.3 is 0 Å². The number of benzene rings is 1. The molecule has 2 unspecified atom stereocenters. The minimum atomic E-state index is -1.02. The van der Waals surface area contributed by atoms with Gasteiger partial charge < -0.3 is 10.4 Å². The first-order valence-corrected chi connectivity index (χ1v) is 7.24. The molecule has 0 bridgehead atoms. The Balaban J connectivity index is 1.92. The maximum absolute atomic E-state index is 13.6. The van der Waals surface area contributed by atoms with Gasteiger partial charge in [0.25, 0.3) is 0 Å². The quantitative estimate of drug-likeness (QED) is 0.885. The molecule has 0 spiro atoms. The maximum atomic E-state index is 13.6. The highest BCUT2D eigenvalue weighted by Crippen LogP contribution is 2.35. The summed E-state index contributed by atoms with van der Waals surface area (Å²) in [5, 5.41) is 13.3. The van der Waals surface area contributed by atoms with E-state index in [-0.39, 0.29) is 12.1 Å². The molecule has 0 heterocycles. The summed E-state index contributed by atoms with van der Waals surface area (Å²) in [7, 11) is 0. The van der Waals surface area contributed by atoms with Crippen molar-refractivity contribution in [3.8, 4) is 0 Å². The van der Waals surface area contributed by atoms with Crippen LogP contribution in [0.15, 0.2) is 18.2 Å². The molecule has 1 aliphatic rings. The fraction of sp³-hybridized carbons (Fsp3) is 0.625. The van der Waals surface area contributed by atoms with E-state index in [2.05, 4.69) is 19.2 Å². The van der Waals surface area contributed by atoms with E-state index in [0.29, 0.717) is 11.5 Å². The van der Waals surface area contributed by atoms with Crippen molar-refractivity contribution in [1.29, 1.82) is 0 Å². The van der Waals surface area contributed by atoms with Crippen molar-refractivity contribution >= 4 is 0 Å². The molecule has 2 rings (SSSR count). The minimum Gasteiger partial charge on any atom is -0.387 e. The van der Waals surface area contributed by atoms with Gasteiger partial charge in [0.1, 0.15) is 11.6 Å². The van der Waals surface area contributed by atoms with Crippen LogP contribution in [-0.4, -0.2) is 17.7 Å². The van der Waals surface area contributed by atoms with Crippen LogP contribution in [0.25, 0.3) is 0 Å². The van der Waals surface area contributed by atoms with E-state index in [9.17, 15) is 13.9 Å². The van der Waals surface area contributed by atoms with Crippen molar-refractivity contribution in [2.24, 2.45) is 5.41 Å². The zero-order valence-electron chi connectivity index (χ0n) is 12.1. The largest absolute Gasteiger partial charge is 0.387 e. The Morgan fingerprint density at radius 1 is 1.40 bits per heavy atom. The lowest BCUT2D eigenvalue weighted by Crippen LogP contribution is -2.39. The summed E-state index contributed by atoms with van der Waals surface area (Å²) in [5.74, 6) is -1.09. The van der Waals surface area contributed by atoms with Gasteiger partial charge in [-0.15, -0.1) is 0 Å². The Bertz CT molecular complexity index is 462. The van der Waals surface area contributed by atoms with E-state index in [4.69, 9.17) is 0 Å². The highest BCUT2D eigenvalue weighted by atomic mass is 19.1. The Hall–Kier alpha value is -1.00. The van der Waals surface area contributed by atoms with Crippen LogP contribution in [0.3, 0.4) is 0 Å². The summed E-state index contributed by atoms with van der Waals surface area (Å²) in [6, 6.07) is 3.51. The summed E-state index contributed by atoms with van der Waals surface area (Å²) in [6.45, 7) is 4.73. The van der Waals surface area contributed by atoms with E-state index in [0.717, 1.165) is 37.5 Å². The molecular weight excluding hydrogens is 260 g/mol. The van der Waals surface area contributed by atoms with Crippen LogP contribution in [0.1, 0.15) is 51.2 Å². The molecule has 1 aliphatic carbocycles. The summed E-state index contributed by atoms with van der Waals surface area (Å²) in [4.78, 5) is 0. The first-order valence-electron chi connectivity index (χ1n) is 7.24. The minimum absolute atomic E-state index is 0.0209. The third-order valence-electron chi connectivity index (χ3n) is 4.12. The van der Waals surface area contributed by atoms with E-state index in [1.165, 1.54) is 6.42 Å². The molecule has 0 radical (unpaired) electrons. The predicted octanol–water partition coefficient (Wildman–Crippen LogP) is 3.56. The number of aliphatic hydroxyl groups excluding tert-OH is 1. The van der Waals surface area contributed by atoms with Crippen LogP contribution < -0.4 is 5.32 Å². The molecule has 1 fully saturated rings. The van der Waals surface area contributed by atoms with Gasteiger partial charge in [0.15, 0.2) is 0 Å². The van der Waals surface area contributed by atoms with Crippen LogP contribution in [-0.2, 0) is 0 Å². The zero-order chi connectivity index (χ0) is 14.8. The molecule has 4 heteroatoms. The second-order valence-corrected chi connectivity index (χ2v) is 6.55. The number of halogens is 2. The molecule has 0 aromatic heterocycles. The molecule has 112 valence electrons. The van der Waals surface area contributed by atoms with E-state index < -0.39 is 17.7 Å². The number of hydrogen-bond donors (Lipinski definition) is 2. The average molecular weight is 283 g/mol. The van der Waals surface area contributed by atoms with Gasteiger partial charge in [-0.1, -0.05) is 20.3 Å². The maximum Gasteiger partial charge on any atom is 0.129 e. The molecule has 1 aromatic rings. The van der Waals surface area contributed by atoms with Crippen molar-refractivity contribution in [2.45, 2.75) is 51.7 Å². The van der Waals surface area contributed by atoms with Gasteiger partial charge in [-0.2, -0.15) is 0 Å². The van der Waals surface area contributed by atoms with E-state index in [1.807, 2.05) is 0 Å². The summed E-state index contributed by atoms with van der Waals surface area (Å²) in [5.41, 5.74) is 0.331. The Morgan fingerprint density at radius 2 is 2.15 bits per heavy atom. The molecule has 2 atom stereocenters. The van der Waals surface area contributed by atoms with Gasteiger partial charge in [-0.05, 0) is 42.9 Å². The highest BCUT2D eigenvalue weighted by Gasteiger charge is 2.28. The first-order chi connectivity index (χ1) is 9.37. The highest BCUT2D eigenvalue weighted by molar-refractivity contribution is 5.21. The monoisotopic (exact) mass is 283 g/mol. The van der Waals surface area contributed by atoms with Crippen molar-refractivity contribution < 1.29 is 13.9 Å². The van der Waals surface area contributed by atoms with Crippen LogP contribution in [0, 0.1) is 17.0 Å².